The smallest absolute Gasteiger partial charge is 0.291 e. The van der Waals surface area contributed by atoms with Gasteiger partial charge in [-0.15, -0.1) is 0 Å². The van der Waals surface area contributed by atoms with Gasteiger partial charge in [0.15, 0.2) is 5.76 Å². The summed E-state index contributed by atoms with van der Waals surface area (Å²) in [5.41, 5.74) is 3.12. The van der Waals surface area contributed by atoms with E-state index in [1.807, 2.05) is 31.2 Å². The van der Waals surface area contributed by atoms with Gasteiger partial charge in [-0.1, -0.05) is 29.8 Å². The fourth-order valence-electron chi connectivity index (χ4n) is 2.93. The summed E-state index contributed by atoms with van der Waals surface area (Å²) in [6, 6.07) is 17.2. The molecule has 3 N–H and O–H groups in total. The van der Waals surface area contributed by atoms with Crippen molar-refractivity contribution in [3.05, 3.63) is 83.8 Å². The Bertz CT molecular complexity index is 1010. The van der Waals surface area contributed by atoms with E-state index in [0.717, 1.165) is 11.1 Å². The lowest BCUT2D eigenvalue weighted by atomic mass is 10.0. The summed E-state index contributed by atoms with van der Waals surface area (Å²) in [7, 11) is 0. The maximum Gasteiger partial charge on any atom is 0.291 e. The molecule has 0 fully saturated rings. The van der Waals surface area contributed by atoms with Gasteiger partial charge < -0.3 is 20.4 Å². The second kappa shape index (κ2) is 9.56. The van der Waals surface area contributed by atoms with E-state index >= 15 is 0 Å². The number of amides is 3. The number of furan rings is 1. The van der Waals surface area contributed by atoms with Crippen molar-refractivity contribution in [2.75, 3.05) is 10.6 Å². The Hall–Kier alpha value is -3.87. The molecule has 1 heterocycles. The summed E-state index contributed by atoms with van der Waals surface area (Å²) in [6.45, 7) is 3.40. The van der Waals surface area contributed by atoms with Crippen LogP contribution in [-0.4, -0.2) is 17.7 Å². The van der Waals surface area contributed by atoms with E-state index in [-0.39, 0.29) is 29.9 Å². The lowest BCUT2D eigenvalue weighted by Gasteiger charge is -2.18. The van der Waals surface area contributed by atoms with Crippen molar-refractivity contribution in [1.29, 1.82) is 0 Å². The zero-order chi connectivity index (χ0) is 21.5. The van der Waals surface area contributed by atoms with Crippen LogP contribution in [0.3, 0.4) is 0 Å². The first-order valence-electron chi connectivity index (χ1n) is 9.49. The van der Waals surface area contributed by atoms with E-state index in [9.17, 15) is 14.4 Å². The number of hydrogen-bond acceptors (Lipinski definition) is 4. The fraction of sp³-hybridized carbons (Fsp3) is 0.174. The first-order chi connectivity index (χ1) is 14.4. The number of aryl methyl sites for hydroxylation is 1. The van der Waals surface area contributed by atoms with Crippen LogP contribution in [0.1, 0.15) is 41.1 Å². The third-order valence-electron chi connectivity index (χ3n) is 4.42. The third kappa shape index (κ3) is 5.81. The molecule has 154 valence electrons. The molecule has 0 radical (unpaired) electrons. The van der Waals surface area contributed by atoms with Gasteiger partial charge >= 0.3 is 0 Å². The number of carbonyl (C=O) groups is 3. The number of benzene rings is 2. The summed E-state index contributed by atoms with van der Waals surface area (Å²) < 4.78 is 5.05. The van der Waals surface area contributed by atoms with Crippen LogP contribution in [-0.2, 0) is 9.59 Å². The number of carbonyl (C=O) groups excluding carboxylic acids is 3. The monoisotopic (exact) mass is 405 g/mol. The fourth-order valence-corrected chi connectivity index (χ4v) is 2.93. The van der Waals surface area contributed by atoms with Crippen molar-refractivity contribution in [2.45, 2.75) is 26.3 Å². The van der Waals surface area contributed by atoms with E-state index in [0.29, 0.717) is 11.4 Å². The van der Waals surface area contributed by atoms with Gasteiger partial charge in [0.05, 0.1) is 18.7 Å². The minimum Gasteiger partial charge on any atom is -0.459 e. The highest BCUT2D eigenvalue weighted by molar-refractivity contribution is 6.02. The lowest BCUT2D eigenvalue weighted by molar-refractivity contribution is -0.120. The maximum absolute atomic E-state index is 12.5. The van der Waals surface area contributed by atoms with Crippen molar-refractivity contribution < 1.29 is 18.8 Å². The number of hydrogen-bond donors (Lipinski definition) is 3. The van der Waals surface area contributed by atoms with Gasteiger partial charge in [0.25, 0.3) is 5.91 Å². The Morgan fingerprint density at radius 1 is 0.900 bits per heavy atom. The molecule has 0 bridgehead atoms. The molecule has 3 amide bonds. The molecule has 0 aliphatic heterocycles. The number of anilines is 2. The Morgan fingerprint density at radius 2 is 1.53 bits per heavy atom. The summed E-state index contributed by atoms with van der Waals surface area (Å²) in [5, 5.41) is 8.35. The molecule has 0 saturated heterocycles. The zero-order valence-corrected chi connectivity index (χ0v) is 16.8. The van der Waals surface area contributed by atoms with Gasteiger partial charge in [-0.3, -0.25) is 14.4 Å². The first kappa shape index (κ1) is 20.9. The van der Waals surface area contributed by atoms with Crippen LogP contribution in [0, 0.1) is 6.92 Å². The van der Waals surface area contributed by atoms with Crippen LogP contribution in [0.2, 0.25) is 0 Å². The van der Waals surface area contributed by atoms with Gasteiger partial charge in [-0.05, 0) is 48.9 Å². The highest BCUT2D eigenvalue weighted by Crippen LogP contribution is 2.20. The van der Waals surface area contributed by atoms with Crippen molar-refractivity contribution in [2.24, 2.45) is 0 Å². The molecule has 3 aromatic rings. The molecule has 7 heteroatoms. The predicted octanol–water partition coefficient (Wildman–Crippen LogP) is 4.05. The van der Waals surface area contributed by atoms with Crippen molar-refractivity contribution >= 4 is 29.1 Å². The number of rotatable bonds is 7. The average molecular weight is 405 g/mol. The summed E-state index contributed by atoms with van der Waals surface area (Å²) in [4.78, 5) is 36.1. The standard InChI is InChI=1S/C23H23N3O4/c1-15-5-7-17(8-6-15)20(24-16(2)27)14-22(28)25-18-9-11-19(12-10-18)26-23(29)21-4-3-13-30-21/h3-13,20H,14H2,1-2H3,(H,24,27)(H,25,28)(H,26,29). The third-order valence-corrected chi connectivity index (χ3v) is 4.42. The molecule has 1 unspecified atom stereocenters. The second-order valence-corrected chi connectivity index (χ2v) is 6.92. The molecule has 0 spiro atoms. The van der Waals surface area contributed by atoms with Crippen molar-refractivity contribution in [3.8, 4) is 0 Å². The van der Waals surface area contributed by atoms with E-state index in [1.165, 1.54) is 13.2 Å². The molecule has 0 aliphatic rings. The largest absolute Gasteiger partial charge is 0.459 e. The van der Waals surface area contributed by atoms with E-state index in [2.05, 4.69) is 16.0 Å². The minimum absolute atomic E-state index is 0.0968. The maximum atomic E-state index is 12.5. The average Bonchev–Trinajstić information content (AvgIpc) is 3.24. The Labute approximate surface area is 174 Å². The molecule has 0 saturated carbocycles. The van der Waals surface area contributed by atoms with Gasteiger partial charge in [0, 0.05) is 18.3 Å². The lowest BCUT2D eigenvalue weighted by Crippen LogP contribution is -2.29. The quantitative estimate of drug-likeness (QED) is 0.552. The molecule has 1 aromatic heterocycles. The summed E-state index contributed by atoms with van der Waals surface area (Å²) in [5.74, 6) is -0.577. The Morgan fingerprint density at radius 3 is 2.10 bits per heavy atom. The van der Waals surface area contributed by atoms with Crippen molar-refractivity contribution in [3.63, 3.8) is 0 Å². The van der Waals surface area contributed by atoms with E-state index in [1.54, 1.807) is 36.4 Å². The number of nitrogens with one attached hydrogen (secondary N) is 3. The van der Waals surface area contributed by atoms with Gasteiger partial charge in [-0.25, -0.2) is 0 Å². The van der Waals surface area contributed by atoms with Crippen LogP contribution in [0.5, 0.6) is 0 Å². The first-order valence-corrected chi connectivity index (χ1v) is 9.49. The van der Waals surface area contributed by atoms with Crippen LogP contribution >= 0.6 is 0 Å². The summed E-state index contributed by atoms with van der Waals surface area (Å²) >= 11 is 0. The summed E-state index contributed by atoms with van der Waals surface area (Å²) in [6.07, 6.45) is 1.53. The Balaban J connectivity index is 1.60. The van der Waals surface area contributed by atoms with Crippen LogP contribution in [0.4, 0.5) is 11.4 Å². The van der Waals surface area contributed by atoms with Crippen LogP contribution < -0.4 is 16.0 Å². The topological polar surface area (TPSA) is 100 Å². The Kier molecular flexibility index (Phi) is 6.64. The normalized spacial score (nSPS) is 11.4. The van der Waals surface area contributed by atoms with Crippen LogP contribution in [0.25, 0.3) is 0 Å². The van der Waals surface area contributed by atoms with E-state index < -0.39 is 6.04 Å². The van der Waals surface area contributed by atoms with E-state index in [4.69, 9.17) is 4.42 Å². The second-order valence-electron chi connectivity index (χ2n) is 6.92. The highest BCUT2D eigenvalue weighted by atomic mass is 16.3. The molecule has 1 atom stereocenters. The molecule has 2 aromatic carbocycles. The SMILES string of the molecule is CC(=O)NC(CC(=O)Nc1ccc(NC(=O)c2ccco2)cc1)c1ccc(C)cc1. The van der Waals surface area contributed by atoms with Crippen molar-refractivity contribution in [1.82, 2.24) is 5.32 Å². The minimum atomic E-state index is -0.421. The van der Waals surface area contributed by atoms with Gasteiger partial charge in [0.2, 0.25) is 11.8 Å². The molecule has 30 heavy (non-hydrogen) atoms. The van der Waals surface area contributed by atoms with Crippen LogP contribution in [0.15, 0.2) is 71.3 Å². The van der Waals surface area contributed by atoms with Gasteiger partial charge in [0.1, 0.15) is 0 Å². The molecular formula is C23H23N3O4. The zero-order valence-electron chi connectivity index (χ0n) is 16.8. The molecule has 7 nitrogen and oxygen atoms in total. The molecule has 3 rings (SSSR count). The highest BCUT2D eigenvalue weighted by Gasteiger charge is 2.17. The molecular weight excluding hydrogens is 382 g/mol. The predicted molar refractivity (Wildman–Crippen MR) is 114 cm³/mol. The molecule has 0 aliphatic carbocycles. The van der Waals surface area contributed by atoms with Gasteiger partial charge in [-0.2, -0.15) is 0 Å².